The molecule has 2 heteroatoms. The van der Waals surface area contributed by atoms with Crippen molar-refractivity contribution in [2.45, 2.75) is 18.4 Å². The molecule has 0 unspecified atom stereocenters. The minimum Gasteiger partial charge on any atom is -0.496 e. The fourth-order valence-electron chi connectivity index (χ4n) is 2.65. The first-order valence-corrected chi connectivity index (χ1v) is 6.06. The van der Waals surface area contributed by atoms with Gasteiger partial charge in [-0.1, -0.05) is 30.3 Å². The third-order valence-electron chi connectivity index (χ3n) is 3.85. The highest BCUT2D eigenvalue weighted by atomic mass is 16.5. The summed E-state index contributed by atoms with van der Waals surface area (Å²) in [6, 6.07) is 12.7. The first kappa shape index (κ1) is 10.6. The lowest BCUT2D eigenvalue weighted by atomic mass is 9.96. The van der Waals surface area contributed by atoms with Crippen molar-refractivity contribution >= 4 is 10.8 Å². The average Bonchev–Trinajstić information content (AvgIpc) is 3.18. The van der Waals surface area contributed by atoms with Crippen molar-refractivity contribution in [3.05, 3.63) is 42.0 Å². The summed E-state index contributed by atoms with van der Waals surface area (Å²) in [4.78, 5) is 0. The number of benzene rings is 2. The van der Waals surface area contributed by atoms with E-state index in [1.165, 1.54) is 29.2 Å². The molecule has 88 valence electrons. The van der Waals surface area contributed by atoms with E-state index in [1.807, 2.05) is 7.05 Å². The third-order valence-corrected chi connectivity index (χ3v) is 3.85. The Labute approximate surface area is 102 Å². The van der Waals surface area contributed by atoms with Gasteiger partial charge in [-0.25, -0.2) is 0 Å². The molecule has 2 nitrogen and oxygen atoms in total. The Balaban J connectivity index is 2.27. The van der Waals surface area contributed by atoms with E-state index < -0.39 is 0 Å². The molecular weight excluding hydrogens is 210 g/mol. The predicted octanol–water partition coefficient (Wildman–Crippen LogP) is 3.06. The second kappa shape index (κ2) is 3.74. The summed E-state index contributed by atoms with van der Waals surface area (Å²) in [5.74, 6) is 0.955. The Kier molecular flexibility index (Phi) is 2.33. The van der Waals surface area contributed by atoms with Gasteiger partial charge in [-0.2, -0.15) is 0 Å². The first-order valence-electron chi connectivity index (χ1n) is 6.06. The maximum absolute atomic E-state index is 5.43. The Morgan fingerprint density at radius 1 is 1.06 bits per heavy atom. The number of nitrogens with one attached hydrogen (secondary N) is 1. The van der Waals surface area contributed by atoms with Crippen LogP contribution < -0.4 is 10.1 Å². The SMILES string of the molecule is CNC1(c2ccc(OC)c3ccccc23)CC1. The zero-order valence-electron chi connectivity index (χ0n) is 10.3. The molecule has 0 bridgehead atoms. The zero-order chi connectivity index (χ0) is 11.9. The van der Waals surface area contributed by atoms with Crippen molar-refractivity contribution in [3.8, 4) is 5.75 Å². The fourth-order valence-corrected chi connectivity index (χ4v) is 2.65. The largest absolute Gasteiger partial charge is 0.496 e. The maximum Gasteiger partial charge on any atom is 0.126 e. The van der Waals surface area contributed by atoms with Crippen LogP contribution in [0.15, 0.2) is 36.4 Å². The standard InChI is InChI=1S/C15H17NO/c1-16-15(9-10-15)13-7-8-14(17-2)12-6-4-3-5-11(12)13/h3-8,16H,9-10H2,1-2H3. The van der Waals surface area contributed by atoms with Crippen LogP contribution in [0.1, 0.15) is 18.4 Å². The van der Waals surface area contributed by atoms with Crippen LogP contribution in [0.3, 0.4) is 0 Å². The summed E-state index contributed by atoms with van der Waals surface area (Å²) in [6.07, 6.45) is 2.44. The summed E-state index contributed by atoms with van der Waals surface area (Å²) in [7, 11) is 3.78. The van der Waals surface area contributed by atoms with Gasteiger partial charge in [-0.3, -0.25) is 0 Å². The third kappa shape index (κ3) is 1.52. The van der Waals surface area contributed by atoms with E-state index >= 15 is 0 Å². The molecule has 0 aliphatic heterocycles. The Morgan fingerprint density at radius 3 is 2.35 bits per heavy atom. The molecule has 0 aromatic heterocycles. The Hall–Kier alpha value is -1.54. The van der Waals surface area contributed by atoms with E-state index in [-0.39, 0.29) is 5.54 Å². The fraction of sp³-hybridized carbons (Fsp3) is 0.333. The van der Waals surface area contributed by atoms with Crippen molar-refractivity contribution in [2.75, 3.05) is 14.2 Å². The van der Waals surface area contributed by atoms with Gasteiger partial charge >= 0.3 is 0 Å². The van der Waals surface area contributed by atoms with Crippen LogP contribution in [0.2, 0.25) is 0 Å². The van der Waals surface area contributed by atoms with Crippen molar-refractivity contribution in [1.29, 1.82) is 0 Å². The molecule has 0 saturated heterocycles. The Morgan fingerprint density at radius 2 is 1.76 bits per heavy atom. The van der Waals surface area contributed by atoms with Crippen molar-refractivity contribution < 1.29 is 4.74 Å². The van der Waals surface area contributed by atoms with Crippen LogP contribution in [0.25, 0.3) is 10.8 Å². The summed E-state index contributed by atoms with van der Waals surface area (Å²) < 4.78 is 5.43. The molecule has 1 aliphatic carbocycles. The van der Waals surface area contributed by atoms with E-state index in [1.54, 1.807) is 7.11 Å². The van der Waals surface area contributed by atoms with Gasteiger partial charge in [0.25, 0.3) is 0 Å². The molecule has 1 fully saturated rings. The summed E-state index contributed by atoms with van der Waals surface area (Å²) >= 11 is 0. The number of methoxy groups -OCH3 is 1. The molecule has 17 heavy (non-hydrogen) atoms. The molecule has 1 N–H and O–H groups in total. The van der Waals surface area contributed by atoms with Crippen LogP contribution in [0.4, 0.5) is 0 Å². The summed E-state index contributed by atoms with van der Waals surface area (Å²) in [5, 5.41) is 5.96. The highest BCUT2D eigenvalue weighted by Crippen LogP contribution is 2.48. The average molecular weight is 227 g/mol. The lowest BCUT2D eigenvalue weighted by Gasteiger charge is -2.18. The van der Waals surface area contributed by atoms with Gasteiger partial charge in [0.2, 0.25) is 0 Å². The highest BCUT2D eigenvalue weighted by molar-refractivity contribution is 5.92. The van der Waals surface area contributed by atoms with E-state index in [9.17, 15) is 0 Å². The smallest absolute Gasteiger partial charge is 0.126 e. The van der Waals surface area contributed by atoms with Crippen LogP contribution in [-0.4, -0.2) is 14.2 Å². The minimum absolute atomic E-state index is 0.200. The van der Waals surface area contributed by atoms with Crippen LogP contribution >= 0.6 is 0 Å². The van der Waals surface area contributed by atoms with Crippen molar-refractivity contribution in [2.24, 2.45) is 0 Å². The summed E-state index contributed by atoms with van der Waals surface area (Å²) in [6.45, 7) is 0. The van der Waals surface area contributed by atoms with Gasteiger partial charge < -0.3 is 10.1 Å². The van der Waals surface area contributed by atoms with E-state index in [0.29, 0.717) is 0 Å². The zero-order valence-corrected chi connectivity index (χ0v) is 10.3. The van der Waals surface area contributed by atoms with E-state index in [4.69, 9.17) is 4.74 Å². The van der Waals surface area contributed by atoms with Crippen LogP contribution in [-0.2, 0) is 5.54 Å². The quantitative estimate of drug-likeness (QED) is 0.870. The molecule has 3 rings (SSSR count). The lowest BCUT2D eigenvalue weighted by molar-refractivity contribution is 0.419. The topological polar surface area (TPSA) is 21.3 Å². The van der Waals surface area contributed by atoms with Crippen molar-refractivity contribution in [3.63, 3.8) is 0 Å². The second-order valence-corrected chi connectivity index (χ2v) is 4.69. The summed E-state index contributed by atoms with van der Waals surface area (Å²) in [5.41, 5.74) is 1.60. The molecule has 2 aromatic carbocycles. The Bertz CT molecular complexity index is 558. The minimum atomic E-state index is 0.200. The molecule has 0 radical (unpaired) electrons. The first-order chi connectivity index (χ1) is 8.30. The van der Waals surface area contributed by atoms with Crippen LogP contribution in [0, 0.1) is 0 Å². The maximum atomic E-state index is 5.43. The molecule has 0 heterocycles. The normalized spacial score (nSPS) is 17.1. The molecule has 2 aromatic rings. The van der Waals surface area contributed by atoms with Crippen molar-refractivity contribution in [1.82, 2.24) is 5.32 Å². The van der Waals surface area contributed by atoms with E-state index in [0.717, 1.165) is 5.75 Å². The van der Waals surface area contributed by atoms with Gasteiger partial charge in [-0.05, 0) is 36.9 Å². The molecule has 1 saturated carbocycles. The van der Waals surface area contributed by atoms with Gasteiger partial charge in [0.15, 0.2) is 0 Å². The molecule has 0 spiro atoms. The van der Waals surface area contributed by atoms with E-state index in [2.05, 4.69) is 41.7 Å². The number of rotatable bonds is 3. The second-order valence-electron chi connectivity index (χ2n) is 4.69. The molecule has 0 amide bonds. The predicted molar refractivity (Wildman–Crippen MR) is 70.5 cm³/mol. The molecule has 1 aliphatic rings. The number of hydrogen-bond donors (Lipinski definition) is 1. The molecule has 0 atom stereocenters. The van der Waals surface area contributed by atoms with Gasteiger partial charge in [0.05, 0.1) is 7.11 Å². The molecular formula is C15H17NO. The monoisotopic (exact) mass is 227 g/mol. The highest BCUT2D eigenvalue weighted by Gasteiger charge is 2.43. The number of hydrogen-bond acceptors (Lipinski definition) is 2. The number of ether oxygens (including phenoxy) is 1. The van der Waals surface area contributed by atoms with Crippen LogP contribution in [0.5, 0.6) is 5.75 Å². The van der Waals surface area contributed by atoms with Gasteiger partial charge in [0.1, 0.15) is 5.75 Å². The number of fused-ring (bicyclic) bond motifs is 1. The van der Waals surface area contributed by atoms with Gasteiger partial charge in [-0.15, -0.1) is 0 Å². The lowest BCUT2D eigenvalue weighted by Crippen LogP contribution is -2.24. The van der Waals surface area contributed by atoms with Gasteiger partial charge in [0, 0.05) is 10.9 Å².